The lowest BCUT2D eigenvalue weighted by atomic mass is 10.1. The van der Waals surface area contributed by atoms with Crippen molar-refractivity contribution < 1.29 is 45.0 Å². The van der Waals surface area contributed by atoms with E-state index in [0.29, 0.717) is 0 Å². The fourth-order valence-electron chi connectivity index (χ4n) is 3.43. The number of nitrogens with zero attached hydrogens (tertiary/aromatic N) is 3. The van der Waals surface area contributed by atoms with Gasteiger partial charge < -0.3 is 15.2 Å². The molecule has 1 aromatic carbocycles. The second-order valence-corrected chi connectivity index (χ2v) is 10.4. The fourth-order valence-corrected chi connectivity index (χ4v) is 4.10. The van der Waals surface area contributed by atoms with Crippen LogP contribution in [0.25, 0.3) is 0 Å². The molecule has 37 heavy (non-hydrogen) atoms. The minimum atomic E-state index is -5.03. The number of hydrogen-bond donors (Lipinski definition) is 2. The summed E-state index contributed by atoms with van der Waals surface area (Å²) < 4.78 is 98.2. The summed E-state index contributed by atoms with van der Waals surface area (Å²) >= 11 is 0. The number of aliphatic hydroxyl groups is 1. The molecule has 15 heteroatoms. The number of carbonyl (C=O) groups is 1. The van der Waals surface area contributed by atoms with Crippen molar-refractivity contribution in [1.82, 2.24) is 15.2 Å². The highest BCUT2D eigenvalue weighted by Crippen LogP contribution is 2.47. The second-order valence-electron chi connectivity index (χ2n) is 8.34. The Kier molecular flexibility index (Phi) is 6.40. The lowest BCUT2D eigenvalue weighted by molar-refractivity contribution is -0.142. The molecule has 0 radical (unpaired) electrons. The van der Waals surface area contributed by atoms with Crippen molar-refractivity contribution in [2.75, 3.05) is 11.6 Å². The van der Waals surface area contributed by atoms with Gasteiger partial charge in [0.1, 0.15) is 5.56 Å². The van der Waals surface area contributed by atoms with Crippen LogP contribution in [0.15, 0.2) is 35.4 Å². The Balaban J connectivity index is 1.76. The lowest BCUT2D eigenvalue weighted by Gasteiger charge is -2.16. The molecular formula is C22H17F5N4O5S. The number of aromatic nitrogens is 3. The standard InChI is InChI=1S/C22H17F5N4O5S/c1-10-14(18(32)29-11-4-3-5-12(8-11)37(2,34)35)19(31-30-17(10)22(25,26)27)36-20-16(24)15(23)13(9-28-20)21(33)6-7-21/h3-5,8-9,33H,6-7H2,1-2H3,(H,29,32). The zero-order chi connectivity index (χ0) is 27.3. The third kappa shape index (κ3) is 5.22. The predicted octanol–water partition coefficient (Wildman–Crippen LogP) is 3.91. The van der Waals surface area contributed by atoms with Crippen molar-refractivity contribution in [3.05, 3.63) is 64.5 Å². The average molecular weight is 544 g/mol. The maximum atomic E-state index is 14.7. The quantitative estimate of drug-likeness (QED) is 0.447. The van der Waals surface area contributed by atoms with Crippen LogP contribution < -0.4 is 10.1 Å². The number of benzene rings is 1. The van der Waals surface area contributed by atoms with E-state index in [1.807, 2.05) is 0 Å². The van der Waals surface area contributed by atoms with Gasteiger partial charge in [-0.1, -0.05) is 6.07 Å². The van der Waals surface area contributed by atoms with Crippen LogP contribution in [0, 0.1) is 18.6 Å². The van der Waals surface area contributed by atoms with E-state index >= 15 is 0 Å². The van der Waals surface area contributed by atoms with Gasteiger partial charge in [0.2, 0.25) is 5.82 Å². The number of rotatable bonds is 6. The van der Waals surface area contributed by atoms with E-state index in [4.69, 9.17) is 4.74 Å². The number of carbonyl (C=O) groups excluding carboxylic acids is 1. The number of ether oxygens (including phenoxy) is 1. The predicted molar refractivity (Wildman–Crippen MR) is 117 cm³/mol. The SMILES string of the molecule is Cc1c(C(F)(F)F)nnc(Oc2ncc(C3(O)CC3)c(F)c2F)c1C(=O)Nc1cccc(S(C)(=O)=O)c1. The van der Waals surface area contributed by atoms with Gasteiger partial charge in [-0.3, -0.25) is 4.79 Å². The summed E-state index contributed by atoms with van der Waals surface area (Å²) in [7, 11) is -3.68. The van der Waals surface area contributed by atoms with Crippen molar-refractivity contribution in [2.24, 2.45) is 0 Å². The molecule has 0 aliphatic heterocycles. The lowest BCUT2D eigenvalue weighted by Crippen LogP contribution is -2.21. The van der Waals surface area contributed by atoms with Gasteiger partial charge >= 0.3 is 6.18 Å². The van der Waals surface area contributed by atoms with Gasteiger partial charge in [0.05, 0.1) is 10.5 Å². The molecule has 0 atom stereocenters. The maximum Gasteiger partial charge on any atom is 0.435 e. The molecular weight excluding hydrogens is 527 g/mol. The van der Waals surface area contributed by atoms with Crippen LogP contribution in [-0.4, -0.2) is 40.9 Å². The molecule has 196 valence electrons. The zero-order valence-electron chi connectivity index (χ0n) is 19.0. The van der Waals surface area contributed by atoms with Crippen molar-refractivity contribution in [3.8, 4) is 11.8 Å². The highest BCUT2D eigenvalue weighted by Gasteiger charge is 2.46. The van der Waals surface area contributed by atoms with Crippen LogP contribution >= 0.6 is 0 Å². The minimum Gasteiger partial charge on any atom is -0.415 e. The number of amides is 1. The first kappa shape index (κ1) is 26.3. The van der Waals surface area contributed by atoms with Gasteiger partial charge in [-0.15, -0.1) is 10.2 Å². The molecule has 2 aromatic heterocycles. The van der Waals surface area contributed by atoms with E-state index in [-0.39, 0.29) is 23.4 Å². The molecule has 0 unspecified atom stereocenters. The highest BCUT2D eigenvalue weighted by atomic mass is 32.2. The number of halogens is 5. The van der Waals surface area contributed by atoms with Crippen LogP contribution in [-0.2, 0) is 21.6 Å². The first-order valence-electron chi connectivity index (χ1n) is 10.4. The summed E-state index contributed by atoms with van der Waals surface area (Å²) in [6.45, 7) is 0.891. The Morgan fingerprint density at radius 1 is 1.14 bits per heavy atom. The topological polar surface area (TPSA) is 131 Å². The molecule has 1 amide bonds. The molecule has 1 saturated carbocycles. The summed E-state index contributed by atoms with van der Waals surface area (Å²) in [6, 6.07) is 4.88. The monoisotopic (exact) mass is 544 g/mol. The Bertz CT molecular complexity index is 1520. The highest BCUT2D eigenvalue weighted by molar-refractivity contribution is 7.90. The summed E-state index contributed by atoms with van der Waals surface area (Å²) in [5, 5.41) is 18.6. The molecule has 0 saturated heterocycles. The Labute approximate surface area is 206 Å². The molecule has 0 bridgehead atoms. The molecule has 4 rings (SSSR count). The first-order chi connectivity index (χ1) is 17.1. The largest absolute Gasteiger partial charge is 0.435 e. The summed E-state index contributed by atoms with van der Waals surface area (Å²) in [6.07, 6.45) is -2.95. The van der Waals surface area contributed by atoms with Gasteiger partial charge in [-0.2, -0.15) is 17.6 Å². The smallest absolute Gasteiger partial charge is 0.415 e. The molecule has 9 nitrogen and oxygen atoms in total. The molecule has 1 aliphatic carbocycles. The van der Waals surface area contributed by atoms with Crippen molar-refractivity contribution >= 4 is 21.4 Å². The molecule has 0 spiro atoms. The molecule has 1 aliphatic rings. The minimum absolute atomic E-state index is 0.0963. The molecule has 1 fully saturated rings. The second kappa shape index (κ2) is 8.99. The summed E-state index contributed by atoms with van der Waals surface area (Å²) in [4.78, 5) is 16.4. The fraction of sp³-hybridized carbons (Fsp3) is 0.273. The third-order valence-electron chi connectivity index (χ3n) is 5.55. The third-order valence-corrected chi connectivity index (χ3v) is 6.66. The summed E-state index contributed by atoms with van der Waals surface area (Å²) in [5.41, 5.74) is -5.22. The Hall–Kier alpha value is -3.72. The normalized spacial score (nSPS) is 14.8. The zero-order valence-corrected chi connectivity index (χ0v) is 19.8. The van der Waals surface area contributed by atoms with Crippen molar-refractivity contribution in [2.45, 2.75) is 36.4 Å². The van der Waals surface area contributed by atoms with Gasteiger partial charge in [0.15, 0.2) is 21.3 Å². The van der Waals surface area contributed by atoms with Crippen molar-refractivity contribution in [1.29, 1.82) is 0 Å². The Morgan fingerprint density at radius 2 is 1.81 bits per heavy atom. The van der Waals surface area contributed by atoms with Gasteiger partial charge in [0, 0.05) is 23.7 Å². The van der Waals surface area contributed by atoms with E-state index in [2.05, 4.69) is 20.5 Å². The van der Waals surface area contributed by atoms with Crippen LogP contribution in [0.5, 0.6) is 11.8 Å². The van der Waals surface area contributed by atoms with Crippen LogP contribution in [0.2, 0.25) is 0 Å². The number of nitrogens with one attached hydrogen (secondary N) is 1. The van der Waals surface area contributed by atoms with Crippen LogP contribution in [0.4, 0.5) is 27.6 Å². The van der Waals surface area contributed by atoms with Gasteiger partial charge in [-0.05, 0) is 43.5 Å². The molecule has 2 heterocycles. The van der Waals surface area contributed by atoms with Crippen LogP contribution in [0.1, 0.15) is 40.0 Å². The van der Waals surface area contributed by atoms with Gasteiger partial charge in [0.25, 0.3) is 17.7 Å². The Morgan fingerprint density at radius 3 is 2.41 bits per heavy atom. The summed E-state index contributed by atoms with van der Waals surface area (Å²) in [5.74, 6) is -6.36. The number of alkyl halides is 3. The number of anilines is 1. The van der Waals surface area contributed by atoms with E-state index in [1.54, 1.807) is 0 Å². The van der Waals surface area contributed by atoms with E-state index < -0.39 is 73.3 Å². The first-order valence-corrected chi connectivity index (χ1v) is 12.3. The molecule has 2 N–H and O–H groups in total. The average Bonchev–Trinajstić information content (AvgIpc) is 3.53. The number of hydrogen-bond acceptors (Lipinski definition) is 8. The molecule has 3 aromatic rings. The van der Waals surface area contributed by atoms with E-state index in [1.165, 1.54) is 18.2 Å². The van der Waals surface area contributed by atoms with Crippen molar-refractivity contribution in [3.63, 3.8) is 0 Å². The maximum absolute atomic E-state index is 14.7. The number of sulfone groups is 1. The van der Waals surface area contributed by atoms with E-state index in [0.717, 1.165) is 25.4 Å². The van der Waals surface area contributed by atoms with Gasteiger partial charge in [-0.25, -0.2) is 17.8 Å². The van der Waals surface area contributed by atoms with E-state index in [9.17, 15) is 40.3 Å². The number of pyridine rings is 1. The van der Waals surface area contributed by atoms with Crippen LogP contribution in [0.3, 0.4) is 0 Å².